The Morgan fingerprint density at radius 2 is 1.46 bits per heavy atom. The maximum Gasteiger partial charge on any atom is 0.471 e. The highest BCUT2D eigenvalue weighted by Crippen LogP contribution is 2.29. The van der Waals surface area contributed by atoms with Crippen LogP contribution in [0.5, 0.6) is 0 Å². The molecule has 0 radical (unpaired) electrons. The molecular weight excluding hydrogens is 322 g/mol. The van der Waals surface area contributed by atoms with E-state index in [9.17, 15) is 8.42 Å². The van der Waals surface area contributed by atoms with E-state index in [4.69, 9.17) is 5.73 Å². The molecule has 5 nitrogen and oxygen atoms in total. The molecule has 0 fully saturated rings. The summed E-state index contributed by atoms with van der Waals surface area (Å²) >= 11 is 0. The van der Waals surface area contributed by atoms with Crippen LogP contribution in [0.15, 0.2) is 66.7 Å². The molecule has 6 heteroatoms. The van der Waals surface area contributed by atoms with Crippen LogP contribution in [0.2, 0.25) is 0 Å². The van der Waals surface area contributed by atoms with E-state index in [1.165, 1.54) is 3.95 Å². The normalized spacial score (nSPS) is 9.92. The molecule has 0 amide bonds. The Balaban J connectivity index is 0.000000647. The Morgan fingerprint density at radius 1 is 0.875 bits per heavy atom. The number of nitrogens with two attached hydrogens (primary N) is 1. The highest BCUT2D eigenvalue weighted by Gasteiger charge is 2.19. The molecule has 3 aromatic rings. The van der Waals surface area contributed by atoms with E-state index in [-0.39, 0.29) is 0 Å². The second-order valence-corrected chi connectivity index (χ2v) is 5.90. The van der Waals surface area contributed by atoms with Crippen molar-refractivity contribution < 1.29 is 8.42 Å². The third-order valence-electron chi connectivity index (χ3n) is 3.26. The topological polar surface area (TPSA) is 75.2 Å². The fourth-order valence-corrected chi connectivity index (χ4v) is 2.91. The number of hydrogen-bond acceptors (Lipinski definition) is 4. The molecule has 0 aromatic heterocycles. The van der Waals surface area contributed by atoms with Gasteiger partial charge in [-0.25, -0.2) is 0 Å². The molecule has 0 unspecified atom stereocenters. The minimum absolute atomic E-state index is 0.550. The predicted molar refractivity (Wildman–Crippen MR) is 100 cm³/mol. The molecule has 0 bridgehead atoms. The molecule has 3 aromatic carbocycles. The summed E-state index contributed by atoms with van der Waals surface area (Å²) in [6.45, 7) is 0. The number of hydrogen-bond donors (Lipinski definition) is 2. The first kappa shape index (κ1) is 17.7. The Hall–Kier alpha value is -2.70. The fraction of sp³-hybridized carbons (Fsp3) is 0.111. The summed E-state index contributed by atoms with van der Waals surface area (Å²) in [6, 6.07) is 20.0. The van der Waals surface area contributed by atoms with Crippen LogP contribution >= 0.6 is 0 Å². The van der Waals surface area contributed by atoms with Crippen LogP contribution in [-0.2, 0) is 10.5 Å². The van der Waals surface area contributed by atoms with Crippen LogP contribution in [0.1, 0.15) is 0 Å². The van der Waals surface area contributed by atoms with E-state index >= 15 is 0 Å². The van der Waals surface area contributed by atoms with Gasteiger partial charge in [0.05, 0.1) is 5.39 Å². The van der Waals surface area contributed by atoms with Gasteiger partial charge in [-0.05, 0) is 41.6 Å². The Kier molecular flexibility index (Phi) is 6.06. The number of anilines is 1. The van der Waals surface area contributed by atoms with Crippen molar-refractivity contribution in [1.29, 1.82) is 0 Å². The van der Waals surface area contributed by atoms with Gasteiger partial charge in [-0.1, -0.05) is 30.3 Å². The van der Waals surface area contributed by atoms with Gasteiger partial charge in [0.15, 0.2) is 0 Å². The lowest BCUT2D eigenvalue weighted by molar-refractivity contribution is 0.616. The van der Waals surface area contributed by atoms with Crippen molar-refractivity contribution in [3.63, 3.8) is 0 Å². The molecule has 0 aliphatic carbocycles. The molecule has 0 saturated heterocycles. The van der Waals surface area contributed by atoms with Crippen molar-refractivity contribution in [3.8, 4) is 0 Å². The summed E-state index contributed by atoms with van der Waals surface area (Å²) in [7, 11) is 1.32. The van der Waals surface area contributed by atoms with Gasteiger partial charge in [0.25, 0.3) is 0 Å². The lowest BCUT2D eigenvalue weighted by Gasteiger charge is -2.02. The van der Waals surface area contributed by atoms with Gasteiger partial charge in [-0.15, -0.1) is 8.42 Å². The molecular formula is C18H20N3O2S+. The Labute approximate surface area is 143 Å². The zero-order valence-corrected chi connectivity index (χ0v) is 14.4. The smallest absolute Gasteiger partial charge is 0.399 e. The van der Waals surface area contributed by atoms with Gasteiger partial charge in [-0.3, -0.25) is 0 Å². The van der Waals surface area contributed by atoms with Crippen LogP contribution in [-0.4, -0.2) is 22.5 Å². The van der Waals surface area contributed by atoms with Crippen LogP contribution < -0.4 is 15.0 Å². The zero-order chi connectivity index (χ0) is 17.5. The number of benzene rings is 3. The average Bonchev–Trinajstić information content (AvgIpc) is 2.57. The van der Waals surface area contributed by atoms with E-state index in [1.807, 2.05) is 50.5 Å². The van der Waals surface area contributed by atoms with Gasteiger partial charge in [0, 0.05) is 23.9 Å². The molecule has 0 aliphatic rings. The summed E-state index contributed by atoms with van der Waals surface area (Å²) < 4.78 is 24.7. The van der Waals surface area contributed by atoms with Crippen molar-refractivity contribution in [2.75, 3.05) is 19.8 Å². The number of nitrogen functional groups attached to an aromatic ring is 1. The first-order chi connectivity index (χ1) is 11.6. The Bertz CT molecular complexity index is 952. The summed E-state index contributed by atoms with van der Waals surface area (Å²) in [5, 5.41) is 4.61. The van der Waals surface area contributed by atoms with E-state index in [0.29, 0.717) is 17.1 Å². The van der Waals surface area contributed by atoms with Crippen molar-refractivity contribution in [1.82, 2.24) is 9.26 Å². The predicted octanol–water partition coefficient (Wildman–Crippen LogP) is 3.16. The number of nitrogens with one attached hydrogen (secondary N) is 1. The van der Waals surface area contributed by atoms with Gasteiger partial charge in [0.2, 0.25) is 11.4 Å². The highest BCUT2D eigenvalue weighted by atomic mass is 32.2. The van der Waals surface area contributed by atoms with Crippen LogP contribution in [0.3, 0.4) is 0 Å². The van der Waals surface area contributed by atoms with E-state index in [2.05, 4.69) is 5.32 Å². The van der Waals surface area contributed by atoms with Crippen molar-refractivity contribution in [3.05, 3.63) is 66.7 Å². The van der Waals surface area contributed by atoms with Gasteiger partial charge in [-0.2, -0.15) is 0 Å². The number of fused-ring (bicyclic) bond motifs is 1. The van der Waals surface area contributed by atoms with Crippen molar-refractivity contribution >= 4 is 38.3 Å². The lowest BCUT2D eigenvalue weighted by Crippen LogP contribution is -2.03. The summed E-state index contributed by atoms with van der Waals surface area (Å²) in [4.78, 5) is 0. The molecule has 0 saturated carbocycles. The van der Waals surface area contributed by atoms with E-state index in [0.717, 1.165) is 10.8 Å². The van der Waals surface area contributed by atoms with Crippen molar-refractivity contribution in [2.24, 2.45) is 0 Å². The molecule has 0 aliphatic heterocycles. The summed E-state index contributed by atoms with van der Waals surface area (Å²) in [5.41, 5.74) is 7.42. The average molecular weight is 342 g/mol. The standard InChI is InChI=1S/C16H13N2O2S.C2H7N/c17-13-8-10-14(11-9-13)18(21(19)20)16-7-3-5-12-4-1-2-6-15(12)16;1-3-2/h1-11H,17H2;3H,1-2H3/q+1;. The van der Waals surface area contributed by atoms with E-state index in [1.54, 1.807) is 30.3 Å². The van der Waals surface area contributed by atoms with Crippen molar-refractivity contribution in [2.45, 2.75) is 0 Å². The first-order valence-electron chi connectivity index (χ1n) is 7.39. The molecule has 0 spiro atoms. The molecule has 3 rings (SSSR count). The second-order valence-electron chi connectivity index (χ2n) is 5.10. The quantitative estimate of drug-likeness (QED) is 0.554. The lowest BCUT2D eigenvalue weighted by atomic mass is 10.1. The molecule has 0 heterocycles. The molecule has 3 N–H and O–H groups in total. The van der Waals surface area contributed by atoms with Crippen LogP contribution in [0, 0.1) is 0 Å². The maximum atomic E-state index is 11.7. The second kappa shape index (κ2) is 8.24. The fourth-order valence-electron chi connectivity index (χ4n) is 2.30. The van der Waals surface area contributed by atoms with Crippen LogP contribution in [0.25, 0.3) is 10.8 Å². The zero-order valence-electron chi connectivity index (χ0n) is 13.6. The third kappa shape index (κ3) is 3.98. The van der Waals surface area contributed by atoms with Gasteiger partial charge in [0.1, 0.15) is 0 Å². The summed E-state index contributed by atoms with van der Waals surface area (Å²) in [5.74, 6) is 0. The highest BCUT2D eigenvalue weighted by molar-refractivity contribution is 7.61. The number of rotatable bonds is 2. The summed E-state index contributed by atoms with van der Waals surface area (Å²) in [6.07, 6.45) is 0. The molecule has 0 atom stereocenters. The minimum atomic E-state index is -2.43. The Morgan fingerprint density at radius 3 is 2.08 bits per heavy atom. The number of nitrogens with zero attached hydrogens (tertiary/aromatic N) is 1. The maximum absolute atomic E-state index is 11.7. The monoisotopic (exact) mass is 342 g/mol. The minimum Gasteiger partial charge on any atom is -0.399 e. The first-order valence-corrected chi connectivity index (χ1v) is 8.43. The van der Waals surface area contributed by atoms with Gasteiger partial charge >= 0.3 is 10.5 Å². The largest absolute Gasteiger partial charge is 0.471 e. The molecule has 24 heavy (non-hydrogen) atoms. The molecule has 124 valence electrons. The van der Waals surface area contributed by atoms with Crippen LogP contribution in [0.4, 0.5) is 17.1 Å². The van der Waals surface area contributed by atoms with Gasteiger partial charge < -0.3 is 11.1 Å². The SMILES string of the molecule is CNC.Nc1ccc([N+](c2cccc3ccccc23)=S(=O)=O)cc1. The van der Waals surface area contributed by atoms with E-state index < -0.39 is 10.5 Å². The third-order valence-corrected chi connectivity index (χ3v) is 3.97.